The lowest BCUT2D eigenvalue weighted by Crippen LogP contribution is -2.36. The molecule has 0 aliphatic carbocycles. The molecule has 0 atom stereocenters. The molecule has 7 nitrogen and oxygen atoms in total. The highest BCUT2D eigenvalue weighted by molar-refractivity contribution is 7.77. The Hall–Kier alpha value is -1.92. The van der Waals surface area contributed by atoms with E-state index in [0.717, 1.165) is 4.44 Å². The van der Waals surface area contributed by atoms with Crippen LogP contribution in [0, 0.1) is 0 Å². The quantitative estimate of drug-likeness (QED) is 0.512. The van der Waals surface area contributed by atoms with Crippen LogP contribution in [0.5, 0.6) is 11.5 Å². The molecule has 0 N–H and O–H groups in total. The van der Waals surface area contributed by atoms with Gasteiger partial charge in [0, 0.05) is 30.7 Å². The third-order valence-corrected chi connectivity index (χ3v) is 9.31. The molecule has 0 radical (unpaired) electrons. The van der Waals surface area contributed by atoms with Crippen LogP contribution in [0.4, 0.5) is 5.69 Å². The van der Waals surface area contributed by atoms with E-state index in [2.05, 4.69) is 0 Å². The summed E-state index contributed by atoms with van der Waals surface area (Å²) in [6, 6.07) is 15.9. The summed E-state index contributed by atoms with van der Waals surface area (Å²) in [5.41, 5.74) is 1.77. The molecule has 0 amide bonds. The fraction of sp³-hybridized carbons (Fsp3) is 0.111. The molecule has 0 unspecified atom stereocenters. The topological polar surface area (TPSA) is 80.3 Å². The minimum absolute atomic E-state index is 0.342. The Kier molecular flexibility index (Phi) is 5.19. The van der Waals surface area contributed by atoms with Crippen molar-refractivity contribution in [3.63, 3.8) is 0 Å². The largest absolute Gasteiger partial charge is 0.596 e. The van der Waals surface area contributed by atoms with Crippen LogP contribution in [0.3, 0.4) is 0 Å². The number of anilines is 1. The summed E-state index contributed by atoms with van der Waals surface area (Å²) >= 11 is 1.34. The van der Waals surface area contributed by atoms with Gasteiger partial charge in [-0.3, -0.25) is 18.1 Å². The van der Waals surface area contributed by atoms with E-state index in [1.54, 1.807) is 41.1 Å². The third-order valence-electron chi connectivity index (χ3n) is 4.15. The van der Waals surface area contributed by atoms with Gasteiger partial charge >= 0.3 is 15.8 Å². The second kappa shape index (κ2) is 7.48. The number of benzene rings is 2. The first-order valence-electron chi connectivity index (χ1n) is 8.23. The Morgan fingerprint density at radius 3 is 1.96 bits per heavy atom. The minimum atomic E-state index is -4.25. The monoisotopic (exact) mass is 437 g/mol. The molecule has 1 aromatic heterocycles. The van der Waals surface area contributed by atoms with E-state index in [4.69, 9.17) is 18.1 Å². The second-order valence-corrected chi connectivity index (χ2v) is 10.6. The normalized spacial score (nSPS) is 14.8. The van der Waals surface area contributed by atoms with E-state index in [9.17, 15) is 9.46 Å². The van der Waals surface area contributed by atoms with Crippen LogP contribution in [0.1, 0.15) is 0 Å². The number of para-hydroxylation sites is 2. The van der Waals surface area contributed by atoms with Crippen LogP contribution in [0.2, 0.25) is 0 Å². The van der Waals surface area contributed by atoms with Crippen LogP contribution in [0.25, 0.3) is 11.1 Å². The number of hydrogen-bond donors (Lipinski definition) is 0. The van der Waals surface area contributed by atoms with Crippen molar-refractivity contribution in [3.8, 4) is 22.6 Å². The van der Waals surface area contributed by atoms with E-state index in [-0.39, 0.29) is 0 Å². The van der Waals surface area contributed by atoms with Gasteiger partial charge in [0.05, 0.1) is 0 Å². The maximum absolute atomic E-state index is 14.1. The first kappa shape index (κ1) is 19.4. The molecule has 3 aromatic rings. The van der Waals surface area contributed by atoms with Crippen LogP contribution >= 0.6 is 27.2 Å². The first-order chi connectivity index (χ1) is 13.5. The van der Waals surface area contributed by atoms with Gasteiger partial charge in [0.25, 0.3) is 0 Å². The van der Waals surface area contributed by atoms with Gasteiger partial charge in [-0.25, -0.2) is 4.57 Å². The summed E-state index contributed by atoms with van der Waals surface area (Å²) < 4.78 is 36.4. The molecule has 1 aliphatic heterocycles. The molecule has 0 fully saturated rings. The summed E-state index contributed by atoms with van der Waals surface area (Å²) in [4.78, 5) is 14.1. The van der Waals surface area contributed by atoms with Crippen molar-refractivity contribution < 1.29 is 27.6 Å². The number of fused-ring (bicyclic) bond motifs is 3. The summed E-state index contributed by atoms with van der Waals surface area (Å²) in [6.07, 6.45) is 0. The van der Waals surface area contributed by atoms with Gasteiger partial charge < -0.3 is 4.89 Å². The molecule has 10 heteroatoms. The molecular weight excluding hydrogens is 420 g/mol. The van der Waals surface area contributed by atoms with Gasteiger partial charge in [-0.2, -0.15) is 11.3 Å². The van der Waals surface area contributed by atoms with Gasteiger partial charge in [-0.1, -0.05) is 40.8 Å². The molecule has 1 aliphatic rings. The number of thiophene rings is 1. The Bertz CT molecular complexity index is 973. The van der Waals surface area contributed by atoms with Crippen molar-refractivity contribution >= 4 is 32.9 Å². The highest BCUT2D eigenvalue weighted by atomic mass is 32.1. The van der Waals surface area contributed by atoms with Crippen molar-refractivity contribution in [1.82, 2.24) is 0 Å². The molecule has 146 valence electrons. The zero-order valence-electron chi connectivity index (χ0n) is 15.1. The lowest BCUT2D eigenvalue weighted by atomic mass is 10.0. The predicted octanol–water partition coefficient (Wildman–Crippen LogP) is 5.13. The zero-order valence-corrected chi connectivity index (χ0v) is 17.7. The lowest BCUT2D eigenvalue weighted by Gasteiger charge is -2.36. The van der Waals surface area contributed by atoms with Crippen molar-refractivity contribution in [1.29, 1.82) is 0 Å². The molecule has 0 bridgehead atoms. The maximum atomic E-state index is 14.1. The van der Waals surface area contributed by atoms with Gasteiger partial charge in [0.15, 0.2) is 11.5 Å². The van der Waals surface area contributed by atoms with Crippen LogP contribution in [0.15, 0.2) is 65.4 Å². The third kappa shape index (κ3) is 3.22. The van der Waals surface area contributed by atoms with Crippen LogP contribution in [-0.2, 0) is 13.6 Å². The van der Waals surface area contributed by atoms with Crippen molar-refractivity contribution in [2.45, 2.75) is 0 Å². The minimum Gasteiger partial charge on any atom is -0.596 e. The summed E-state index contributed by atoms with van der Waals surface area (Å²) in [5, 5.41) is 3.42. The van der Waals surface area contributed by atoms with Gasteiger partial charge in [-0.05, 0) is 23.6 Å². The smallest absolute Gasteiger partial charge is 0.471 e. The summed E-state index contributed by atoms with van der Waals surface area (Å²) in [5.74, 6) is 0.685. The van der Waals surface area contributed by atoms with Crippen molar-refractivity contribution in [2.24, 2.45) is 0 Å². The van der Waals surface area contributed by atoms with E-state index in [1.807, 2.05) is 24.3 Å². The fourth-order valence-electron chi connectivity index (χ4n) is 2.90. The van der Waals surface area contributed by atoms with Crippen molar-refractivity contribution in [2.75, 3.05) is 18.7 Å². The standard InChI is InChI=1S/C18H17NO6P2S/c1-22-26(20,23-2)19(14-11-12-28-13-14)27(21)24-17-9-5-3-7-15(17)16-8-4-6-10-18(16)25-27/h3-13H,1-2H3. The first-order valence-corrected chi connectivity index (χ1v) is 12.2. The Morgan fingerprint density at radius 1 is 0.964 bits per heavy atom. The molecule has 2 aromatic carbocycles. The van der Waals surface area contributed by atoms with Gasteiger partial charge in [0.2, 0.25) is 0 Å². The Labute approximate surface area is 167 Å². The van der Waals surface area contributed by atoms with Gasteiger partial charge in [-0.15, -0.1) is 0 Å². The van der Waals surface area contributed by atoms with Gasteiger partial charge in [0.1, 0.15) is 5.69 Å². The number of nitrogens with zero attached hydrogens (tertiary/aromatic N) is 1. The molecular formula is C18H17NO6P2S. The zero-order chi connectivity index (χ0) is 19.8. The highest BCUT2D eigenvalue weighted by Gasteiger charge is 2.56. The molecule has 2 heterocycles. The highest BCUT2D eigenvalue weighted by Crippen LogP contribution is 2.72. The van der Waals surface area contributed by atoms with E-state index < -0.39 is 15.8 Å². The number of rotatable bonds is 5. The summed E-state index contributed by atoms with van der Waals surface area (Å²) in [6.45, 7) is 0. The molecule has 0 saturated heterocycles. The lowest BCUT2D eigenvalue weighted by molar-refractivity contribution is -0.202. The SMILES string of the molecule is COP(=O)(OC)N(c1ccsc1)[P+]1([O-])Oc2ccccc2-c2ccccc2O1. The predicted molar refractivity (Wildman–Crippen MR) is 108 cm³/mol. The second-order valence-electron chi connectivity index (χ2n) is 5.75. The van der Waals surface area contributed by atoms with Crippen LogP contribution in [-0.4, -0.2) is 14.2 Å². The van der Waals surface area contributed by atoms with Crippen LogP contribution < -0.4 is 18.4 Å². The Balaban J connectivity index is 1.94. The number of hydrogen-bond acceptors (Lipinski definition) is 7. The molecule has 28 heavy (non-hydrogen) atoms. The molecule has 4 rings (SSSR count). The Morgan fingerprint density at radius 2 is 1.50 bits per heavy atom. The average molecular weight is 437 g/mol. The van der Waals surface area contributed by atoms with E-state index in [1.165, 1.54) is 25.6 Å². The summed E-state index contributed by atoms with van der Waals surface area (Å²) in [7, 11) is -5.84. The molecule has 0 spiro atoms. The maximum Gasteiger partial charge on any atom is 0.471 e. The molecule has 0 saturated carbocycles. The van der Waals surface area contributed by atoms with E-state index in [0.29, 0.717) is 28.3 Å². The fourth-order valence-corrected chi connectivity index (χ4v) is 7.69. The average Bonchev–Trinajstić information content (AvgIpc) is 3.18. The van der Waals surface area contributed by atoms with Crippen molar-refractivity contribution in [3.05, 3.63) is 65.4 Å². The van der Waals surface area contributed by atoms with E-state index >= 15 is 0 Å².